The third-order valence-corrected chi connectivity index (χ3v) is 4.78. The first kappa shape index (κ1) is 15.7. The molecule has 2 fully saturated rings. The molecule has 4 heteroatoms. The summed E-state index contributed by atoms with van der Waals surface area (Å²) in [6, 6.07) is 0. The molecule has 2 aliphatic rings. The van der Waals surface area contributed by atoms with Crippen molar-refractivity contribution in [2.45, 2.75) is 52.1 Å². The van der Waals surface area contributed by atoms with Crippen LogP contribution in [0.4, 0.5) is 0 Å². The van der Waals surface area contributed by atoms with Crippen molar-refractivity contribution in [2.24, 2.45) is 23.7 Å². The highest BCUT2D eigenvalue weighted by Gasteiger charge is 2.53. The maximum atomic E-state index is 11.4. The molecule has 0 spiro atoms. The first-order valence-corrected chi connectivity index (χ1v) is 7.53. The number of carbonyl (C=O) groups excluding carboxylic acids is 1. The van der Waals surface area contributed by atoms with Crippen LogP contribution in [0.3, 0.4) is 0 Å². The van der Waals surface area contributed by atoms with Crippen molar-refractivity contribution in [3.05, 3.63) is 11.6 Å². The SMILES string of the molecule is CO[C@@H]1O[C@H](O)[C@H]2[C@H]([C@@H](C=O)CCC=C(C)C)CC[C@@H]12. The first-order valence-electron chi connectivity index (χ1n) is 7.53. The Morgan fingerprint density at radius 3 is 2.80 bits per heavy atom. The predicted molar refractivity (Wildman–Crippen MR) is 75.8 cm³/mol. The average molecular weight is 282 g/mol. The zero-order valence-corrected chi connectivity index (χ0v) is 12.6. The van der Waals surface area contributed by atoms with E-state index in [9.17, 15) is 9.90 Å². The molecule has 1 aliphatic heterocycles. The van der Waals surface area contributed by atoms with Crippen molar-refractivity contribution < 1.29 is 19.4 Å². The van der Waals surface area contributed by atoms with Crippen LogP contribution >= 0.6 is 0 Å². The standard InChI is InChI=1S/C16H26O4/c1-10(2)5-4-6-11(9-17)12-7-8-13-14(12)15(18)20-16(13)19-3/h5,9,11-16,18H,4,6-8H2,1-3H3/t11-,12+,13-,14+,15+,16-/m1/s1. The smallest absolute Gasteiger partial charge is 0.163 e. The summed E-state index contributed by atoms with van der Waals surface area (Å²) in [5.74, 6) is 0.500. The number of aliphatic hydroxyl groups is 1. The van der Waals surface area contributed by atoms with Gasteiger partial charge in [0.25, 0.3) is 0 Å². The number of fused-ring (bicyclic) bond motifs is 1. The summed E-state index contributed by atoms with van der Waals surface area (Å²) in [6.45, 7) is 4.14. The van der Waals surface area contributed by atoms with Gasteiger partial charge in [0.2, 0.25) is 0 Å². The molecule has 2 rings (SSSR count). The molecule has 6 atom stereocenters. The van der Waals surface area contributed by atoms with Crippen LogP contribution in [0.5, 0.6) is 0 Å². The van der Waals surface area contributed by atoms with Crippen molar-refractivity contribution in [3.8, 4) is 0 Å². The van der Waals surface area contributed by atoms with E-state index in [-0.39, 0.29) is 30.0 Å². The van der Waals surface area contributed by atoms with Crippen LogP contribution in [-0.4, -0.2) is 31.1 Å². The molecular formula is C16H26O4. The van der Waals surface area contributed by atoms with E-state index in [4.69, 9.17) is 9.47 Å². The van der Waals surface area contributed by atoms with Gasteiger partial charge in [0.1, 0.15) is 6.29 Å². The fraction of sp³-hybridized carbons (Fsp3) is 0.812. The largest absolute Gasteiger partial charge is 0.368 e. The number of hydrogen-bond acceptors (Lipinski definition) is 4. The van der Waals surface area contributed by atoms with Gasteiger partial charge in [-0.15, -0.1) is 0 Å². The molecule has 0 unspecified atom stereocenters. The minimum absolute atomic E-state index is 0.00876. The zero-order chi connectivity index (χ0) is 14.7. The Hall–Kier alpha value is -0.710. The third-order valence-electron chi connectivity index (χ3n) is 4.78. The van der Waals surface area contributed by atoms with E-state index in [1.54, 1.807) is 7.11 Å². The Kier molecular flexibility index (Phi) is 5.35. The zero-order valence-electron chi connectivity index (χ0n) is 12.6. The molecule has 0 amide bonds. The van der Waals surface area contributed by atoms with Crippen LogP contribution in [0.25, 0.3) is 0 Å². The summed E-state index contributed by atoms with van der Waals surface area (Å²) in [6.07, 6.45) is 5.86. The lowest BCUT2D eigenvalue weighted by atomic mass is 9.80. The Bertz CT molecular complexity index is 361. The topological polar surface area (TPSA) is 55.8 Å². The van der Waals surface area contributed by atoms with Gasteiger partial charge >= 0.3 is 0 Å². The second-order valence-electron chi connectivity index (χ2n) is 6.27. The fourth-order valence-corrected chi connectivity index (χ4v) is 3.83. The lowest BCUT2D eigenvalue weighted by Gasteiger charge is -2.25. The van der Waals surface area contributed by atoms with Crippen LogP contribution in [0, 0.1) is 23.7 Å². The van der Waals surface area contributed by atoms with Gasteiger partial charge in [0, 0.05) is 24.9 Å². The summed E-state index contributed by atoms with van der Waals surface area (Å²) in [7, 11) is 1.61. The van der Waals surface area contributed by atoms with Crippen molar-refractivity contribution in [2.75, 3.05) is 7.11 Å². The normalized spacial score (nSPS) is 37.5. The van der Waals surface area contributed by atoms with Crippen molar-refractivity contribution in [1.29, 1.82) is 0 Å². The summed E-state index contributed by atoms with van der Waals surface area (Å²) in [4.78, 5) is 11.4. The molecule has 0 aromatic rings. The number of aldehydes is 1. The Labute approximate surface area is 121 Å². The van der Waals surface area contributed by atoms with Crippen molar-refractivity contribution in [3.63, 3.8) is 0 Å². The Balaban J connectivity index is 2.00. The number of methoxy groups -OCH3 is 1. The summed E-state index contributed by atoms with van der Waals surface area (Å²) >= 11 is 0. The molecule has 0 bridgehead atoms. The van der Waals surface area contributed by atoms with Gasteiger partial charge in [0.05, 0.1) is 0 Å². The molecule has 0 radical (unpaired) electrons. The van der Waals surface area contributed by atoms with Crippen LogP contribution in [0.2, 0.25) is 0 Å². The number of aliphatic hydroxyl groups excluding tert-OH is 1. The highest BCUT2D eigenvalue weighted by Crippen LogP contribution is 2.50. The number of rotatable bonds is 6. The van der Waals surface area contributed by atoms with Crippen LogP contribution < -0.4 is 0 Å². The lowest BCUT2D eigenvalue weighted by Crippen LogP contribution is -2.29. The van der Waals surface area contributed by atoms with E-state index < -0.39 is 6.29 Å². The molecule has 1 N–H and O–H groups in total. The van der Waals surface area contributed by atoms with Crippen molar-refractivity contribution in [1.82, 2.24) is 0 Å². The van der Waals surface area contributed by atoms with E-state index in [2.05, 4.69) is 19.9 Å². The second kappa shape index (κ2) is 6.83. The molecule has 0 aromatic heterocycles. The van der Waals surface area contributed by atoms with E-state index >= 15 is 0 Å². The van der Waals surface area contributed by atoms with Gasteiger partial charge < -0.3 is 19.4 Å². The molecular weight excluding hydrogens is 256 g/mol. The molecule has 114 valence electrons. The predicted octanol–water partition coefficient (Wildman–Crippen LogP) is 2.51. The van der Waals surface area contributed by atoms with Gasteiger partial charge in [-0.1, -0.05) is 11.6 Å². The second-order valence-corrected chi connectivity index (χ2v) is 6.27. The first-order chi connectivity index (χ1) is 9.58. The number of hydrogen-bond donors (Lipinski definition) is 1. The molecule has 1 aliphatic carbocycles. The Morgan fingerprint density at radius 1 is 1.45 bits per heavy atom. The van der Waals surface area contributed by atoms with Gasteiger partial charge in [-0.05, 0) is 45.4 Å². The number of ether oxygens (including phenoxy) is 2. The van der Waals surface area contributed by atoms with Gasteiger partial charge in [-0.25, -0.2) is 0 Å². The summed E-state index contributed by atoms with van der Waals surface area (Å²) in [5, 5.41) is 10.1. The molecule has 1 saturated heterocycles. The van der Waals surface area contributed by atoms with E-state index in [0.29, 0.717) is 0 Å². The average Bonchev–Trinajstić information content (AvgIpc) is 2.96. The molecule has 4 nitrogen and oxygen atoms in total. The molecule has 20 heavy (non-hydrogen) atoms. The van der Waals surface area contributed by atoms with Crippen LogP contribution in [-0.2, 0) is 14.3 Å². The van der Waals surface area contributed by atoms with Crippen LogP contribution in [0.15, 0.2) is 11.6 Å². The summed E-state index contributed by atoms with van der Waals surface area (Å²) < 4.78 is 10.7. The van der Waals surface area contributed by atoms with E-state index in [1.165, 1.54) is 5.57 Å². The van der Waals surface area contributed by atoms with Gasteiger partial charge in [0.15, 0.2) is 12.6 Å². The minimum atomic E-state index is -0.789. The van der Waals surface area contributed by atoms with Crippen LogP contribution in [0.1, 0.15) is 39.5 Å². The quantitative estimate of drug-likeness (QED) is 0.601. The van der Waals surface area contributed by atoms with Gasteiger partial charge in [-0.2, -0.15) is 0 Å². The monoisotopic (exact) mass is 282 g/mol. The highest BCUT2D eigenvalue weighted by atomic mass is 16.7. The van der Waals surface area contributed by atoms with Gasteiger partial charge in [-0.3, -0.25) is 0 Å². The number of allylic oxidation sites excluding steroid dienone is 2. The molecule has 1 saturated carbocycles. The summed E-state index contributed by atoms with van der Waals surface area (Å²) in [5.41, 5.74) is 1.28. The Morgan fingerprint density at radius 2 is 2.20 bits per heavy atom. The molecule has 0 aromatic carbocycles. The maximum Gasteiger partial charge on any atom is 0.163 e. The third kappa shape index (κ3) is 3.13. The van der Waals surface area contributed by atoms with E-state index in [1.807, 2.05) is 0 Å². The fourth-order valence-electron chi connectivity index (χ4n) is 3.83. The highest BCUT2D eigenvalue weighted by molar-refractivity contribution is 5.54. The molecule has 1 heterocycles. The van der Waals surface area contributed by atoms with Crippen molar-refractivity contribution >= 4 is 6.29 Å². The maximum absolute atomic E-state index is 11.4. The van der Waals surface area contributed by atoms with E-state index in [0.717, 1.165) is 32.0 Å². The minimum Gasteiger partial charge on any atom is -0.368 e. The lowest BCUT2D eigenvalue weighted by molar-refractivity contribution is -0.192. The number of carbonyl (C=O) groups is 1.